The molecular formula is C47H59N5O10S. The number of carbonyl (C=O) groups is 5. The summed E-state index contributed by atoms with van der Waals surface area (Å²) in [4.78, 5) is 67.5. The van der Waals surface area contributed by atoms with E-state index in [0.29, 0.717) is 59.5 Å². The number of carboxylic acid groups (broad SMARTS) is 1. The average Bonchev–Trinajstić information content (AvgIpc) is 3.84. The first-order chi connectivity index (χ1) is 30.3. The number of methoxy groups -OCH3 is 2. The number of carbonyl (C=O) groups excluding carboxylic acids is 4. The quantitative estimate of drug-likeness (QED) is 0.0680. The highest BCUT2D eigenvalue weighted by atomic mass is 32.2. The zero-order chi connectivity index (χ0) is 45.2. The van der Waals surface area contributed by atoms with Crippen molar-refractivity contribution in [3.63, 3.8) is 0 Å². The lowest BCUT2D eigenvalue weighted by atomic mass is 9.79. The van der Waals surface area contributed by atoms with Crippen molar-refractivity contribution in [2.45, 2.75) is 82.2 Å². The number of aryl methyl sites for hydroxylation is 2. The highest BCUT2D eigenvalue weighted by Crippen LogP contribution is 2.52. The van der Waals surface area contributed by atoms with Crippen molar-refractivity contribution in [3.05, 3.63) is 94.0 Å². The van der Waals surface area contributed by atoms with Crippen molar-refractivity contribution < 1.29 is 48.4 Å². The van der Waals surface area contributed by atoms with Crippen LogP contribution in [-0.2, 0) is 32.0 Å². The number of aliphatic hydroxyl groups excluding tert-OH is 1. The number of fused-ring (bicyclic) bond motifs is 1. The summed E-state index contributed by atoms with van der Waals surface area (Å²) in [5.41, 5.74) is 3.20. The maximum Gasteiger partial charge on any atom is 0.353 e. The predicted molar refractivity (Wildman–Crippen MR) is 240 cm³/mol. The number of unbranched alkanes of at least 4 members (excludes halogenated alkanes) is 2. The molecule has 16 heteroatoms. The van der Waals surface area contributed by atoms with Crippen molar-refractivity contribution in [2.75, 3.05) is 52.8 Å². The van der Waals surface area contributed by atoms with Crippen LogP contribution in [0.25, 0.3) is 0 Å². The number of aliphatic carboxylic acids is 1. The van der Waals surface area contributed by atoms with Gasteiger partial charge in [0, 0.05) is 54.0 Å². The Balaban J connectivity index is 0.859. The largest absolute Gasteiger partial charge is 0.493 e. The Hall–Kier alpha value is -5.58. The van der Waals surface area contributed by atoms with Gasteiger partial charge in [0.05, 0.1) is 38.3 Å². The molecule has 4 amide bonds. The number of hydrogen-bond donors (Lipinski definition) is 5. The fourth-order valence-corrected chi connectivity index (χ4v) is 10.0. The zero-order valence-electron chi connectivity index (χ0n) is 36.6. The molecule has 0 radical (unpaired) electrons. The summed E-state index contributed by atoms with van der Waals surface area (Å²) < 4.78 is 16.5. The first kappa shape index (κ1) is 46.9. The Labute approximate surface area is 372 Å². The molecule has 2 saturated heterocycles. The minimum absolute atomic E-state index is 0.0290. The molecule has 3 aliphatic heterocycles. The number of anilines is 1. The van der Waals surface area contributed by atoms with Gasteiger partial charge in [-0.1, -0.05) is 31.2 Å². The summed E-state index contributed by atoms with van der Waals surface area (Å²) in [6.45, 7) is 4.83. The van der Waals surface area contributed by atoms with Crippen LogP contribution in [-0.4, -0.2) is 121 Å². The third kappa shape index (κ3) is 11.5. The Morgan fingerprint density at radius 1 is 0.952 bits per heavy atom. The second kappa shape index (κ2) is 21.7. The number of hydrogen-bond acceptors (Lipinski definition) is 11. The topological polar surface area (TPSA) is 196 Å². The summed E-state index contributed by atoms with van der Waals surface area (Å²) in [5.74, 6) is -1.01. The van der Waals surface area contributed by atoms with Gasteiger partial charge in [-0.2, -0.15) is 0 Å². The molecule has 6 atom stereocenters. The van der Waals surface area contributed by atoms with Crippen LogP contribution in [0.5, 0.6) is 17.2 Å². The van der Waals surface area contributed by atoms with Crippen LogP contribution in [0.2, 0.25) is 0 Å². The van der Waals surface area contributed by atoms with Crippen molar-refractivity contribution >= 4 is 47.0 Å². The van der Waals surface area contributed by atoms with E-state index in [-0.39, 0.29) is 47.1 Å². The number of carboxylic acids is 1. The van der Waals surface area contributed by atoms with Gasteiger partial charge in [0.2, 0.25) is 11.8 Å². The molecule has 2 fully saturated rings. The van der Waals surface area contributed by atoms with E-state index in [4.69, 9.17) is 14.2 Å². The lowest BCUT2D eigenvalue weighted by molar-refractivity contribution is -0.163. The summed E-state index contributed by atoms with van der Waals surface area (Å²) >= 11 is 1.38. The zero-order valence-corrected chi connectivity index (χ0v) is 37.4. The van der Waals surface area contributed by atoms with Crippen LogP contribution in [0.1, 0.15) is 67.4 Å². The molecule has 0 saturated carbocycles. The highest BCUT2D eigenvalue weighted by Gasteiger charge is 2.60. The molecule has 3 heterocycles. The third-order valence-corrected chi connectivity index (χ3v) is 13.4. The molecule has 0 spiro atoms. The molecule has 3 aliphatic rings. The van der Waals surface area contributed by atoms with Crippen LogP contribution in [0.15, 0.2) is 77.3 Å². The molecule has 3 aromatic rings. The van der Waals surface area contributed by atoms with Gasteiger partial charge in [-0.15, -0.1) is 11.8 Å². The minimum atomic E-state index is -1.18. The van der Waals surface area contributed by atoms with E-state index < -0.39 is 30.1 Å². The number of rotatable bonds is 22. The fourth-order valence-electron chi connectivity index (χ4n) is 8.53. The number of nitrogens with one attached hydrogen (secondary N) is 3. The number of ether oxygens (including phenoxy) is 3. The second-order valence-corrected chi connectivity index (χ2v) is 17.7. The van der Waals surface area contributed by atoms with Gasteiger partial charge in [0.15, 0.2) is 18.1 Å². The normalized spacial score (nSPS) is 20.7. The van der Waals surface area contributed by atoms with E-state index in [1.807, 2.05) is 43.3 Å². The Kier molecular flexibility index (Phi) is 16.1. The number of benzene rings is 3. The maximum absolute atomic E-state index is 13.3. The van der Waals surface area contributed by atoms with Gasteiger partial charge in [-0.25, -0.2) is 4.79 Å². The van der Waals surface area contributed by atoms with Crippen molar-refractivity contribution in [1.29, 1.82) is 0 Å². The number of thioether (sulfide) groups is 1. The average molecular weight is 886 g/mol. The van der Waals surface area contributed by atoms with Crippen LogP contribution in [0.4, 0.5) is 5.69 Å². The molecule has 6 rings (SSSR count). The fraction of sp³-hybridized carbons (Fsp3) is 0.468. The summed E-state index contributed by atoms with van der Waals surface area (Å²) in [6.07, 6.45) is 4.56. The highest BCUT2D eigenvalue weighted by molar-refractivity contribution is 8.03. The molecule has 63 heavy (non-hydrogen) atoms. The van der Waals surface area contributed by atoms with Crippen molar-refractivity contribution in [1.82, 2.24) is 20.4 Å². The van der Waals surface area contributed by atoms with Crippen LogP contribution in [0, 0.1) is 11.8 Å². The summed E-state index contributed by atoms with van der Waals surface area (Å²) in [5, 5.41) is 29.1. The lowest BCUT2D eigenvalue weighted by Crippen LogP contribution is -2.63. The molecule has 15 nitrogen and oxygen atoms in total. The van der Waals surface area contributed by atoms with Gasteiger partial charge in [0.1, 0.15) is 11.4 Å². The van der Waals surface area contributed by atoms with Gasteiger partial charge in [-0.05, 0) is 105 Å². The standard InChI is InChI=1S/C47H59N5O10S/c1-28-41-40(29(2)53)46(57)52(41)42(47(58)59)43(28)63-35-25-36(49-26-35)44(55)50-33-16-11-15-32(24-33)45(56)51(3)21-8-6-7-20-48-39(54)27-62-34-17-10-14-30(22-34)12-9-13-31-18-19-37(60-4)38(23-31)61-5/h10-11,14-19,22-24,28-29,35-36,40-41,49,53H,6-9,12-13,20-21,25-27H2,1-5H3,(H,48,54)(H,50,55)(H,58,59)/t28-,29-,35+,36+,40-,41?/m1/s1. The number of β-lactam (4-membered cyclic amide) rings is 1. The summed E-state index contributed by atoms with van der Waals surface area (Å²) in [7, 11) is 4.99. The predicted octanol–water partition coefficient (Wildman–Crippen LogP) is 4.87. The van der Waals surface area contributed by atoms with E-state index in [0.717, 1.165) is 44.1 Å². The molecule has 0 aromatic heterocycles. The first-order valence-corrected chi connectivity index (χ1v) is 22.4. The van der Waals surface area contributed by atoms with E-state index in [2.05, 4.69) is 22.0 Å². The molecule has 1 unspecified atom stereocenters. The molecule has 0 bridgehead atoms. The maximum atomic E-state index is 13.3. The van der Waals surface area contributed by atoms with Gasteiger partial charge < -0.3 is 50.2 Å². The monoisotopic (exact) mass is 885 g/mol. The summed E-state index contributed by atoms with van der Waals surface area (Å²) in [6, 6.07) is 19.6. The lowest BCUT2D eigenvalue weighted by Gasteiger charge is -2.46. The molecule has 3 aromatic carbocycles. The van der Waals surface area contributed by atoms with Crippen LogP contribution < -0.4 is 30.2 Å². The van der Waals surface area contributed by atoms with E-state index in [9.17, 15) is 34.2 Å². The molecule has 5 N–H and O–H groups in total. The van der Waals surface area contributed by atoms with E-state index >= 15 is 0 Å². The van der Waals surface area contributed by atoms with E-state index in [1.54, 1.807) is 57.4 Å². The van der Waals surface area contributed by atoms with Gasteiger partial charge in [0.25, 0.3) is 11.8 Å². The SMILES string of the molecule is COc1ccc(CCCc2cccc(OCC(=O)NCCCCCN(C)C(=O)c3cccc(NC(=O)[C@@H]4C[C@H](SC5=C(C(=O)O)N6C(=O)[C@H]([C@@H](C)O)C6[C@H]5C)CN4)c3)c2)cc1OC. The van der Waals surface area contributed by atoms with Crippen LogP contribution >= 0.6 is 11.8 Å². The van der Waals surface area contributed by atoms with Gasteiger partial charge >= 0.3 is 5.97 Å². The van der Waals surface area contributed by atoms with Crippen LogP contribution in [0.3, 0.4) is 0 Å². The third-order valence-electron chi connectivity index (χ3n) is 11.9. The molecular weight excluding hydrogens is 827 g/mol. The minimum Gasteiger partial charge on any atom is -0.493 e. The Morgan fingerprint density at radius 3 is 2.43 bits per heavy atom. The number of amides is 4. The Morgan fingerprint density at radius 2 is 1.70 bits per heavy atom. The smallest absolute Gasteiger partial charge is 0.353 e. The first-order valence-electron chi connectivity index (χ1n) is 21.5. The van der Waals surface area contributed by atoms with Crippen molar-refractivity contribution in [2.24, 2.45) is 11.8 Å². The van der Waals surface area contributed by atoms with E-state index in [1.165, 1.54) is 22.2 Å². The van der Waals surface area contributed by atoms with Gasteiger partial charge in [-0.3, -0.25) is 19.2 Å². The second-order valence-electron chi connectivity index (χ2n) is 16.4. The van der Waals surface area contributed by atoms with Crippen molar-refractivity contribution in [3.8, 4) is 17.2 Å². The molecule has 0 aliphatic carbocycles. The number of aliphatic hydroxyl groups is 1. The molecule has 338 valence electrons. The number of nitrogens with zero attached hydrogens (tertiary/aromatic N) is 2. The Bertz CT molecular complexity index is 2180.